The Morgan fingerprint density at radius 3 is 2.52 bits per heavy atom. The highest BCUT2D eigenvalue weighted by atomic mass is 16.7. The standard InChI is InChI=1S/C32H40N2O8/c1-6-30-15-21(18-41-19-38-3)34-25(35)16-31(26(30)34)23-13-12-22(39-4)14-24(23)33(2)27(31)32(37,29(36)40-5)28(30)42-17-20-10-8-7-9-11-20/h7-14,21,26-28,37H,6,15-19H2,1-5H3/t21-,26+,27-,28+,30-,31+,32+/m1/s1. The molecule has 42 heavy (non-hydrogen) atoms. The molecule has 1 saturated carbocycles. The van der Waals surface area contributed by atoms with Gasteiger partial charge in [0.05, 0.1) is 51.0 Å². The maximum atomic E-state index is 14.2. The summed E-state index contributed by atoms with van der Waals surface area (Å²) in [5.74, 6) is -0.151. The average molecular weight is 581 g/mol. The number of anilines is 1. The van der Waals surface area contributed by atoms with Crippen molar-refractivity contribution in [3.8, 4) is 5.75 Å². The Morgan fingerprint density at radius 1 is 1.10 bits per heavy atom. The zero-order valence-corrected chi connectivity index (χ0v) is 24.9. The number of esters is 1. The minimum absolute atomic E-state index is 0.0284. The molecule has 1 N–H and O–H groups in total. The number of likely N-dealkylation sites (N-methyl/N-ethyl adjacent to an activating group) is 1. The van der Waals surface area contributed by atoms with Gasteiger partial charge in [0.2, 0.25) is 11.5 Å². The lowest BCUT2D eigenvalue weighted by Gasteiger charge is -2.61. The lowest BCUT2D eigenvalue weighted by molar-refractivity contribution is -0.234. The van der Waals surface area contributed by atoms with Crippen LogP contribution in [0, 0.1) is 5.41 Å². The van der Waals surface area contributed by atoms with Crippen LogP contribution in [0.25, 0.3) is 0 Å². The van der Waals surface area contributed by atoms with E-state index in [4.69, 9.17) is 23.7 Å². The van der Waals surface area contributed by atoms with E-state index >= 15 is 0 Å². The van der Waals surface area contributed by atoms with Gasteiger partial charge in [-0.25, -0.2) is 4.79 Å². The van der Waals surface area contributed by atoms with Crippen molar-refractivity contribution in [1.82, 2.24) is 4.90 Å². The van der Waals surface area contributed by atoms with E-state index in [2.05, 4.69) is 6.92 Å². The molecule has 3 fully saturated rings. The largest absolute Gasteiger partial charge is 0.497 e. The van der Waals surface area contributed by atoms with Gasteiger partial charge in [0, 0.05) is 37.7 Å². The third-order valence-corrected chi connectivity index (χ3v) is 10.3. The fourth-order valence-electron chi connectivity index (χ4n) is 9.01. The topological polar surface area (TPSA) is 107 Å². The fraction of sp³-hybridized carbons (Fsp3) is 0.562. The van der Waals surface area contributed by atoms with Gasteiger partial charge in [-0.1, -0.05) is 43.3 Å². The van der Waals surface area contributed by atoms with Crippen molar-refractivity contribution in [1.29, 1.82) is 0 Å². The molecule has 2 aromatic carbocycles. The van der Waals surface area contributed by atoms with Crippen LogP contribution in [0.2, 0.25) is 0 Å². The van der Waals surface area contributed by atoms with Crippen LogP contribution in [0.3, 0.4) is 0 Å². The lowest BCUT2D eigenvalue weighted by atomic mass is 9.48. The van der Waals surface area contributed by atoms with Crippen LogP contribution in [0.1, 0.15) is 37.3 Å². The van der Waals surface area contributed by atoms with Gasteiger partial charge in [0.25, 0.3) is 0 Å². The van der Waals surface area contributed by atoms with E-state index in [1.807, 2.05) is 65.4 Å². The van der Waals surface area contributed by atoms with Gasteiger partial charge in [-0.3, -0.25) is 4.79 Å². The number of rotatable bonds is 10. The number of fused-ring (bicyclic) bond motifs is 1. The van der Waals surface area contributed by atoms with E-state index in [-0.39, 0.29) is 44.4 Å². The van der Waals surface area contributed by atoms with Crippen molar-refractivity contribution in [3.05, 3.63) is 59.7 Å². The number of hydrogen-bond donors (Lipinski definition) is 1. The van der Waals surface area contributed by atoms with E-state index in [0.717, 1.165) is 16.8 Å². The first-order valence-electron chi connectivity index (χ1n) is 14.5. The second-order valence-corrected chi connectivity index (χ2v) is 12.0. The summed E-state index contributed by atoms with van der Waals surface area (Å²) in [6, 6.07) is 14.0. The molecule has 4 aliphatic rings. The predicted octanol–water partition coefficient (Wildman–Crippen LogP) is 2.64. The van der Waals surface area contributed by atoms with Crippen molar-refractivity contribution < 1.29 is 38.4 Å². The molecule has 10 nitrogen and oxygen atoms in total. The summed E-state index contributed by atoms with van der Waals surface area (Å²) in [6.45, 7) is 2.60. The van der Waals surface area contributed by atoms with Gasteiger partial charge >= 0.3 is 5.97 Å². The van der Waals surface area contributed by atoms with Crippen LogP contribution in [0.4, 0.5) is 5.69 Å². The summed E-state index contributed by atoms with van der Waals surface area (Å²) >= 11 is 0. The maximum absolute atomic E-state index is 14.2. The fourth-order valence-corrected chi connectivity index (χ4v) is 9.01. The molecule has 1 amide bonds. The molecule has 2 aromatic rings. The van der Waals surface area contributed by atoms with Crippen LogP contribution < -0.4 is 9.64 Å². The van der Waals surface area contributed by atoms with E-state index in [0.29, 0.717) is 18.6 Å². The van der Waals surface area contributed by atoms with Gasteiger partial charge in [-0.05, 0) is 30.0 Å². The molecule has 6 rings (SSSR count). The van der Waals surface area contributed by atoms with E-state index in [1.54, 1.807) is 14.2 Å². The Labute approximate surface area is 246 Å². The number of benzene rings is 2. The number of carbonyl (C=O) groups is 2. The quantitative estimate of drug-likeness (QED) is 0.258. The van der Waals surface area contributed by atoms with Crippen LogP contribution in [-0.4, -0.2) is 93.5 Å². The van der Waals surface area contributed by atoms with Gasteiger partial charge in [-0.2, -0.15) is 0 Å². The molecule has 0 radical (unpaired) electrons. The number of amides is 1. The molecular weight excluding hydrogens is 540 g/mol. The third-order valence-electron chi connectivity index (χ3n) is 10.3. The highest BCUT2D eigenvalue weighted by molar-refractivity contribution is 5.91. The van der Waals surface area contributed by atoms with Crippen molar-refractivity contribution in [3.63, 3.8) is 0 Å². The first-order chi connectivity index (χ1) is 20.2. The highest BCUT2D eigenvalue weighted by Gasteiger charge is 2.83. The predicted molar refractivity (Wildman–Crippen MR) is 153 cm³/mol. The molecule has 1 aliphatic carbocycles. The van der Waals surface area contributed by atoms with Gasteiger partial charge in [0.15, 0.2) is 0 Å². The highest BCUT2D eigenvalue weighted by Crippen LogP contribution is 2.70. The zero-order valence-electron chi connectivity index (χ0n) is 24.9. The second kappa shape index (κ2) is 10.5. The van der Waals surface area contributed by atoms with Crippen LogP contribution >= 0.6 is 0 Å². The molecule has 0 aromatic heterocycles. The Bertz CT molecular complexity index is 1360. The van der Waals surface area contributed by atoms with E-state index < -0.39 is 34.5 Å². The molecule has 0 bridgehead atoms. The van der Waals surface area contributed by atoms with Gasteiger partial charge in [-0.15, -0.1) is 0 Å². The summed E-state index contributed by atoms with van der Waals surface area (Å²) < 4.78 is 28.7. The van der Waals surface area contributed by atoms with Crippen molar-refractivity contribution >= 4 is 17.6 Å². The Kier molecular flexibility index (Phi) is 7.24. The van der Waals surface area contributed by atoms with Gasteiger partial charge < -0.3 is 38.6 Å². The molecule has 3 aliphatic heterocycles. The Hall–Kier alpha value is -3.18. The van der Waals surface area contributed by atoms with Crippen molar-refractivity contribution in [2.45, 2.75) is 68.0 Å². The third kappa shape index (κ3) is 3.71. The normalized spacial score (nSPS) is 34.3. The number of carbonyl (C=O) groups excluding carboxylic acids is 2. The molecule has 7 atom stereocenters. The SMILES string of the molecule is CC[C@]12C[C@H](COCOC)N3C(=O)C[C@]4(c5ccc(OC)cc5N(C)[C@H]4[C@@](O)(C(=O)OC)[C@H]1OCc1ccccc1)[C@@H]32. The monoisotopic (exact) mass is 580 g/mol. The zero-order chi connectivity index (χ0) is 29.9. The first kappa shape index (κ1) is 28.9. The summed E-state index contributed by atoms with van der Waals surface area (Å²) in [5.41, 5.74) is -1.16. The van der Waals surface area contributed by atoms with Crippen LogP contribution in [0.5, 0.6) is 5.75 Å². The minimum atomic E-state index is -2.10. The molecular formula is C32H40N2O8. The van der Waals surface area contributed by atoms with Crippen molar-refractivity contribution in [2.75, 3.05) is 46.7 Å². The number of methoxy groups -OCH3 is 3. The summed E-state index contributed by atoms with van der Waals surface area (Å²) in [4.78, 5) is 32.1. The summed E-state index contributed by atoms with van der Waals surface area (Å²) in [5, 5.41) is 13.0. The Balaban J connectivity index is 1.59. The first-order valence-corrected chi connectivity index (χ1v) is 14.5. The maximum Gasteiger partial charge on any atom is 0.342 e. The molecule has 226 valence electrons. The van der Waals surface area contributed by atoms with E-state index in [1.165, 1.54) is 7.11 Å². The van der Waals surface area contributed by atoms with Gasteiger partial charge in [0.1, 0.15) is 18.6 Å². The average Bonchev–Trinajstić information content (AvgIpc) is 3.60. The Morgan fingerprint density at radius 2 is 1.86 bits per heavy atom. The minimum Gasteiger partial charge on any atom is -0.497 e. The number of hydrogen-bond acceptors (Lipinski definition) is 9. The summed E-state index contributed by atoms with van der Waals surface area (Å²) in [7, 11) is 6.32. The smallest absolute Gasteiger partial charge is 0.342 e. The lowest BCUT2D eigenvalue weighted by Crippen LogP contribution is -2.79. The summed E-state index contributed by atoms with van der Waals surface area (Å²) in [6.07, 6.45) is 0.209. The van der Waals surface area contributed by atoms with E-state index in [9.17, 15) is 14.7 Å². The number of aliphatic hydroxyl groups is 1. The second-order valence-electron chi connectivity index (χ2n) is 12.0. The van der Waals surface area contributed by atoms with Crippen LogP contribution in [-0.2, 0) is 40.6 Å². The molecule has 1 spiro atoms. The molecule has 0 unspecified atom stereocenters. The van der Waals surface area contributed by atoms with Crippen molar-refractivity contribution in [2.24, 2.45) is 5.41 Å². The molecule has 2 saturated heterocycles. The molecule has 10 heteroatoms. The van der Waals surface area contributed by atoms with Crippen LogP contribution in [0.15, 0.2) is 48.5 Å². The molecule has 3 heterocycles. The number of nitrogens with zero attached hydrogens (tertiary/aromatic N) is 2. The number of ether oxygens (including phenoxy) is 5.